The maximum absolute atomic E-state index is 12.1. The van der Waals surface area contributed by atoms with Crippen LogP contribution < -0.4 is 5.32 Å². The Morgan fingerprint density at radius 1 is 1.04 bits per heavy atom. The Morgan fingerprint density at radius 2 is 1.76 bits per heavy atom. The lowest BCUT2D eigenvalue weighted by molar-refractivity contribution is -0.121. The van der Waals surface area contributed by atoms with Gasteiger partial charge in [-0.1, -0.05) is 31.4 Å². The number of benzene rings is 1. The van der Waals surface area contributed by atoms with Crippen molar-refractivity contribution < 1.29 is 4.79 Å². The van der Waals surface area contributed by atoms with Crippen LogP contribution in [0.15, 0.2) is 36.9 Å². The smallest absolute Gasteiger partial charge is 0.221 e. The van der Waals surface area contributed by atoms with Crippen LogP contribution in [0.1, 0.15) is 44.1 Å². The first-order chi connectivity index (χ1) is 12.3. The normalized spacial score (nSPS) is 16.2. The summed E-state index contributed by atoms with van der Waals surface area (Å²) in [5.74, 6) is 0.127. The summed E-state index contributed by atoms with van der Waals surface area (Å²) in [5, 5.41) is 7.12. The molecular formula is C19H27N5O. The molecule has 3 rings (SSSR count). The van der Waals surface area contributed by atoms with Crippen molar-refractivity contribution in [3.8, 4) is 5.69 Å². The molecule has 1 saturated heterocycles. The highest BCUT2D eigenvalue weighted by Crippen LogP contribution is 2.11. The first kappa shape index (κ1) is 17.6. The number of likely N-dealkylation sites (tertiary alicyclic amines) is 1. The summed E-state index contributed by atoms with van der Waals surface area (Å²) in [6.45, 7) is 3.71. The third kappa shape index (κ3) is 5.67. The molecule has 6 heteroatoms. The van der Waals surface area contributed by atoms with Crippen LogP contribution in [0.25, 0.3) is 5.69 Å². The summed E-state index contributed by atoms with van der Waals surface area (Å²) < 4.78 is 1.71. The predicted octanol–water partition coefficient (Wildman–Crippen LogP) is 2.54. The highest BCUT2D eigenvalue weighted by Gasteiger charge is 2.10. The predicted molar refractivity (Wildman–Crippen MR) is 97.3 cm³/mol. The topological polar surface area (TPSA) is 63.1 Å². The maximum atomic E-state index is 12.1. The fourth-order valence-electron chi connectivity index (χ4n) is 3.19. The average Bonchev–Trinajstić information content (AvgIpc) is 3.14. The van der Waals surface area contributed by atoms with Crippen LogP contribution in [0, 0.1) is 0 Å². The minimum Gasteiger partial charge on any atom is -0.352 e. The SMILES string of the molecule is O=C(CCN1CCCCCCC1)NCc1ccc(-n2cncn2)cc1. The van der Waals surface area contributed by atoms with Crippen molar-refractivity contribution in [2.75, 3.05) is 19.6 Å². The minimum atomic E-state index is 0.127. The number of nitrogens with zero attached hydrogens (tertiary/aromatic N) is 4. The largest absolute Gasteiger partial charge is 0.352 e. The van der Waals surface area contributed by atoms with Crippen LogP contribution in [0.4, 0.5) is 0 Å². The van der Waals surface area contributed by atoms with E-state index in [0.29, 0.717) is 13.0 Å². The molecule has 0 saturated carbocycles. The third-order valence-corrected chi connectivity index (χ3v) is 4.71. The first-order valence-corrected chi connectivity index (χ1v) is 9.24. The number of carbonyl (C=O) groups is 1. The van der Waals surface area contributed by atoms with E-state index in [1.807, 2.05) is 24.3 Å². The van der Waals surface area contributed by atoms with E-state index in [4.69, 9.17) is 0 Å². The van der Waals surface area contributed by atoms with Gasteiger partial charge in [-0.05, 0) is 43.6 Å². The molecule has 134 valence electrons. The molecule has 1 amide bonds. The summed E-state index contributed by atoms with van der Waals surface area (Å²) in [7, 11) is 0. The van der Waals surface area contributed by atoms with Gasteiger partial charge in [-0.25, -0.2) is 9.67 Å². The Balaban J connectivity index is 1.39. The zero-order chi connectivity index (χ0) is 17.3. The van der Waals surface area contributed by atoms with E-state index in [1.54, 1.807) is 11.0 Å². The molecule has 1 aromatic carbocycles. The van der Waals surface area contributed by atoms with Gasteiger partial charge in [0.05, 0.1) is 5.69 Å². The van der Waals surface area contributed by atoms with Gasteiger partial charge in [0.15, 0.2) is 0 Å². The van der Waals surface area contributed by atoms with Crippen LogP contribution in [0.5, 0.6) is 0 Å². The van der Waals surface area contributed by atoms with Crippen molar-refractivity contribution in [2.45, 2.75) is 45.1 Å². The van der Waals surface area contributed by atoms with Gasteiger partial charge in [-0.2, -0.15) is 5.10 Å². The Labute approximate surface area is 149 Å². The summed E-state index contributed by atoms with van der Waals surface area (Å²) in [6.07, 6.45) is 10.3. The molecule has 0 unspecified atom stereocenters. The van der Waals surface area contributed by atoms with E-state index < -0.39 is 0 Å². The summed E-state index contributed by atoms with van der Waals surface area (Å²) >= 11 is 0. The van der Waals surface area contributed by atoms with Gasteiger partial charge < -0.3 is 10.2 Å². The van der Waals surface area contributed by atoms with Gasteiger partial charge >= 0.3 is 0 Å². The number of carbonyl (C=O) groups excluding carboxylic acids is 1. The Kier molecular flexibility index (Phi) is 6.56. The molecule has 1 aromatic heterocycles. The van der Waals surface area contributed by atoms with E-state index in [2.05, 4.69) is 20.3 Å². The van der Waals surface area contributed by atoms with E-state index in [0.717, 1.165) is 30.9 Å². The monoisotopic (exact) mass is 341 g/mol. The van der Waals surface area contributed by atoms with Gasteiger partial charge in [-0.15, -0.1) is 0 Å². The summed E-state index contributed by atoms with van der Waals surface area (Å²) in [5.41, 5.74) is 2.05. The van der Waals surface area contributed by atoms with Crippen LogP contribution in [0.2, 0.25) is 0 Å². The molecule has 2 aromatic rings. The van der Waals surface area contributed by atoms with Crippen LogP contribution in [-0.4, -0.2) is 45.2 Å². The van der Waals surface area contributed by atoms with Crippen LogP contribution >= 0.6 is 0 Å². The maximum Gasteiger partial charge on any atom is 0.221 e. The van der Waals surface area contributed by atoms with Crippen molar-refractivity contribution in [3.63, 3.8) is 0 Å². The van der Waals surface area contributed by atoms with Crippen molar-refractivity contribution in [1.29, 1.82) is 0 Å². The molecule has 6 nitrogen and oxygen atoms in total. The summed E-state index contributed by atoms with van der Waals surface area (Å²) in [4.78, 5) is 18.5. The van der Waals surface area contributed by atoms with Crippen LogP contribution in [0.3, 0.4) is 0 Å². The quantitative estimate of drug-likeness (QED) is 0.877. The van der Waals surface area contributed by atoms with Gasteiger partial charge in [0.25, 0.3) is 0 Å². The van der Waals surface area contributed by atoms with Crippen molar-refractivity contribution in [1.82, 2.24) is 25.0 Å². The van der Waals surface area contributed by atoms with Crippen molar-refractivity contribution >= 4 is 5.91 Å². The number of hydrogen-bond acceptors (Lipinski definition) is 4. The van der Waals surface area contributed by atoms with E-state index in [-0.39, 0.29) is 5.91 Å². The highest BCUT2D eigenvalue weighted by molar-refractivity contribution is 5.76. The van der Waals surface area contributed by atoms with E-state index in [9.17, 15) is 4.79 Å². The number of nitrogens with one attached hydrogen (secondary N) is 1. The number of rotatable bonds is 6. The molecule has 1 fully saturated rings. The first-order valence-electron chi connectivity index (χ1n) is 9.24. The molecule has 0 atom stereocenters. The molecule has 1 N–H and O–H groups in total. The zero-order valence-electron chi connectivity index (χ0n) is 14.7. The molecule has 2 heterocycles. The Hall–Kier alpha value is -2.21. The van der Waals surface area contributed by atoms with Crippen molar-refractivity contribution in [2.24, 2.45) is 0 Å². The Bertz CT molecular complexity index is 630. The number of amides is 1. The number of hydrogen-bond donors (Lipinski definition) is 1. The lowest BCUT2D eigenvalue weighted by Crippen LogP contribution is -2.32. The average molecular weight is 341 g/mol. The molecule has 0 aliphatic carbocycles. The lowest BCUT2D eigenvalue weighted by atomic mass is 10.1. The van der Waals surface area contributed by atoms with Gasteiger partial charge in [0.1, 0.15) is 12.7 Å². The van der Waals surface area contributed by atoms with E-state index in [1.165, 1.54) is 38.4 Å². The zero-order valence-corrected chi connectivity index (χ0v) is 14.7. The van der Waals surface area contributed by atoms with Gasteiger partial charge in [0, 0.05) is 19.5 Å². The van der Waals surface area contributed by atoms with Gasteiger partial charge in [-0.3, -0.25) is 4.79 Å². The molecule has 1 aliphatic rings. The second kappa shape index (κ2) is 9.32. The lowest BCUT2D eigenvalue weighted by Gasteiger charge is -2.24. The second-order valence-corrected chi connectivity index (χ2v) is 6.64. The second-order valence-electron chi connectivity index (χ2n) is 6.64. The van der Waals surface area contributed by atoms with Crippen LogP contribution in [-0.2, 0) is 11.3 Å². The molecular weight excluding hydrogens is 314 g/mol. The fourth-order valence-corrected chi connectivity index (χ4v) is 3.19. The van der Waals surface area contributed by atoms with Gasteiger partial charge in [0.2, 0.25) is 5.91 Å². The highest BCUT2D eigenvalue weighted by atomic mass is 16.1. The standard InChI is InChI=1S/C19H27N5O/c25-19(10-13-23-11-4-2-1-3-5-12-23)21-14-17-6-8-18(9-7-17)24-16-20-15-22-24/h6-9,15-16H,1-5,10-14H2,(H,21,25). The molecule has 1 aliphatic heterocycles. The molecule has 0 spiro atoms. The van der Waals surface area contributed by atoms with Crippen molar-refractivity contribution in [3.05, 3.63) is 42.5 Å². The molecule has 0 bridgehead atoms. The molecule has 25 heavy (non-hydrogen) atoms. The Morgan fingerprint density at radius 3 is 2.44 bits per heavy atom. The summed E-state index contributed by atoms with van der Waals surface area (Å²) in [6, 6.07) is 7.98. The van der Waals surface area contributed by atoms with E-state index >= 15 is 0 Å². The minimum absolute atomic E-state index is 0.127. The number of aromatic nitrogens is 3. The third-order valence-electron chi connectivity index (χ3n) is 4.71. The fraction of sp³-hybridized carbons (Fsp3) is 0.526. The molecule has 0 radical (unpaired) electrons.